The molecular weight excluding hydrogens is 398 g/mol. The molecule has 0 spiro atoms. The van der Waals surface area contributed by atoms with E-state index < -0.39 is 0 Å². The lowest BCUT2D eigenvalue weighted by Crippen LogP contribution is -2.40. The molecule has 2 amide bonds. The monoisotopic (exact) mass is 435 g/mol. The van der Waals surface area contributed by atoms with Crippen molar-refractivity contribution in [1.29, 1.82) is 0 Å². The zero-order valence-corrected chi connectivity index (χ0v) is 18.9. The maximum atomic E-state index is 13.3. The number of nitrogens with zero attached hydrogens (tertiary/aromatic N) is 2. The molecule has 1 aromatic rings. The summed E-state index contributed by atoms with van der Waals surface area (Å²) >= 11 is 0. The number of aromatic nitrogens is 1. The highest BCUT2D eigenvalue weighted by Crippen LogP contribution is 2.21. The Kier molecular flexibility index (Phi) is 9.33. The number of carbonyl (C=O) groups is 2. The standard InChI is InChI=1S/C23H37N3O5/c1-3-5-8-17(4-2)23(28)26(14-19-10-7-12-30-19)15-21-25-20(16-31-21)22(27)24-13-18-9-6-11-29-18/h16-19H,3-15H2,1-2H3,(H,24,27). The molecule has 174 valence electrons. The van der Waals surface area contributed by atoms with Gasteiger partial charge in [-0.2, -0.15) is 0 Å². The third-order valence-corrected chi connectivity index (χ3v) is 6.13. The molecule has 0 bridgehead atoms. The Labute approximate surface area is 185 Å². The van der Waals surface area contributed by atoms with Gasteiger partial charge in [0.25, 0.3) is 5.91 Å². The van der Waals surface area contributed by atoms with Crippen LogP contribution in [0.4, 0.5) is 0 Å². The first-order valence-corrected chi connectivity index (χ1v) is 11.8. The van der Waals surface area contributed by atoms with Crippen LogP contribution in [0.5, 0.6) is 0 Å². The highest BCUT2D eigenvalue weighted by Gasteiger charge is 2.28. The van der Waals surface area contributed by atoms with E-state index in [1.165, 1.54) is 6.26 Å². The molecule has 1 aromatic heterocycles. The molecule has 0 aromatic carbocycles. The van der Waals surface area contributed by atoms with Crippen LogP contribution in [0.25, 0.3) is 0 Å². The topological polar surface area (TPSA) is 93.9 Å². The first-order chi connectivity index (χ1) is 15.1. The average molecular weight is 436 g/mol. The van der Waals surface area contributed by atoms with E-state index in [1.54, 1.807) is 4.90 Å². The van der Waals surface area contributed by atoms with Gasteiger partial charge in [-0.1, -0.05) is 26.7 Å². The predicted octanol–water partition coefficient (Wildman–Crippen LogP) is 3.31. The minimum absolute atomic E-state index is 0.00880. The van der Waals surface area contributed by atoms with Crippen LogP contribution in [0, 0.1) is 5.92 Å². The van der Waals surface area contributed by atoms with Crippen molar-refractivity contribution in [2.45, 2.75) is 84.0 Å². The second-order valence-electron chi connectivity index (χ2n) is 8.57. The lowest BCUT2D eigenvalue weighted by Gasteiger charge is -2.28. The molecule has 0 saturated carbocycles. The minimum atomic E-state index is -0.281. The smallest absolute Gasteiger partial charge is 0.273 e. The minimum Gasteiger partial charge on any atom is -0.446 e. The summed E-state index contributed by atoms with van der Waals surface area (Å²) in [6, 6.07) is 0. The van der Waals surface area contributed by atoms with Gasteiger partial charge in [0.2, 0.25) is 11.8 Å². The van der Waals surface area contributed by atoms with Crippen molar-refractivity contribution in [3.63, 3.8) is 0 Å². The van der Waals surface area contributed by atoms with Crippen LogP contribution in [0.3, 0.4) is 0 Å². The Morgan fingerprint density at radius 1 is 1.19 bits per heavy atom. The van der Waals surface area contributed by atoms with Crippen molar-refractivity contribution >= 4 is 11.8 Å². The molecule has 8 nitrogen and oxygen atoms in total. The van der Waals surface area contributed by atoms with Crippen LogP contribution >= 0.6 is 0 Å². The molecule has 2 saturated heterocycles. The van der Waals surface area contributed by atoms with E-state index in [-0.39, 0.29) is 42.2 Å². The zero-order valence-electron chi connectivity index (χ0n) is 18.9. The maximum Gasteiger partial charge on any atom is 0.273 e. The Bertz CT molecular complexity index is 695. The lowest BCUT2D eigenvalue weighted by atomic mass is 9.97. The Morgan fingerprint density at radius 3 is 2.58 bits per heavy atom. The molecular formula is C23H37N3O5. The van der Waals surface area contributed by atoms with Crippen LogP contribution in [0.1, 0.15) is 81.6 Å². The van der Waals surface area contributed by atoms with E-state index in [2.05, 4.69) is 24.1 Å². The number of hydrogen-bond acceptors (Lipinski definition) is 6. The summed E-state index contributed by atoms with van der Waals surface area (Å²) in [5.41, 5.74) is 0.232. The van der Waals surface area contributed by atoms with Gasteiger partial charge >= 0.3 is 0 Å². The number of amides is 2. The van der Waals surface area contributed by atoms with Gasteiger partial charge in [-0.25, -0.2) is 4.98 Å². The molecule has 2 aliphatic rings. The molecule has 2 aliphatic heterocycles. The largest absolute Gasteiger partial charge is 0.446 e. The molecule has 31 heavy (non-hydrogen) atoms. The molecule has 3 unspecified atom stereocenters. The average Bonchev–Trinajstić information content (AvgIpc) is 3.55. The molecule has 3 rings (SSSR count). The van der Waals surface area contributed by atoms with Crippen molar-refractivity contribution in [3.05, 3.63) is 17.8 Å². The zero-order chi connectivity index (χ0) is 22.1. The van der Waals surface area contributed by atoms with Crippen molar-refractivity contribution in [2.75, 3.05) is 26.3 Å². The van der Waals surface area contributed by atoms with Crippen molar-refractivity contribution in [1.82, 2.24) is 15.2 Å². The Morgan fingerprint density at radius 2 is 1.94 bits per heavy atom. The molecule has 8 heteroatoms. The van der Waals surface area contributed by atoms with Crippen molar-refractivity contribution in [3.8, 4) is 0 Å². The van der Waals surface area contributed by atoms with Crippen LogP contribution in [-0.2, 0) is 20.8 Å². The summed E-state index contributed by atoms with van der Waals surface area (Å²) < 4.78 is 16.9. The second-order valence-corrected chi connectivity index (χ2v) is 8.57. The summed E-state index contributed by atoms with van der Waals surface area (Å²) in [6.45, 7) is 6.95. The fourth-order valence-electron chi connectivity index (χ4n) is 4.23. The third kappa shape index (κ3) is 7.04. The SMILES string of the molecule is CCCCC(CC)C(=O)N(Cc1nc(C(=O)NCC2CCCO2)co1)CC1CCCO1. The van der Waals surface area contributed by atoms with Gasteiger partial charge in [-0.3, -0.25) is 9.59 Å². The molecule has 1 N–H and O–H groups in total. The third-order valence-electron chi connectivity index (χ3n) is 6.13. The normalized spacial score (nSPS) is 21.9. The van der Waals surface area contributed by atoms with Gasteiger partial charge in [0.05, 0.1) is 18.8 Å². The van der Waals surface area contributed by atoms with Crippen LogP contribution < -0.4 is 5.32 Å². The van der Waals surface area contributed by atoms with Gasteiger partial charge in [0, 0.05) is 32.2 Å². The van der Waals surface area contributed by atoms with Crippen molar-refractivity contribution < 1.29 is 23.5 Å². The summed E-state index contributed by atoms with van der Waals surface area (Å²) in [4.78, 5) is 31.8. The number of rotatable bonds is 12. The van der Waals surface area contributed by atoms with E-state index in [4.69, 9.17) is 13.9 Å². The van der Waals surface area contributed by atoms with Gasteiger partial charge < -0.3 is 24.1 Å². The summed E-state index contributed by atoms with van der Waals surface area (Å²) in [6.07, 6.45) is 9.25. The van der Waals surface area contributed by atoms with Crippen LogP contribution in [0.15, 0.2) is 10.7 Å². The number of ether oxygens (including phenoxy) is 2. The first-order valence-electron chi connectivity index (χ1n) is 11.8. The van der Waals surface area contributed by atoms with E-state index in [0.717, 1.165) is 64.6 Å². The van der Waals surface area contributed by atoms with Gasteiger partial charge in [0.15, 0.2) is 5.69 Å². The van der Waals surface area contributed by atoms with E-state index in [0.29, 0.717) is 19.0 Å². The Balaban J connectivity index is 1.61. The number of carbonyl (C=O) groups excluding carboxylic acids is 2. The highest BCUT2D eigenvalue weighted by atomic mass is 16.5. The van der Waals surface area contributed by atoms with E-state index in [1.807, 2.05) is 0 Å². The summed E-state index contributed by atoms with van der Waals surface area (Å²) in [5.74, 6) is 0.204. The Hall–Kier alpha value is -1.93. The van der Waals surface area contributed by atoms with E-state index in [9.17, 15) is 9.59 Å². The summed E-state index contributed by atoms with van der Waals surface area (Å²) in [5, 5.41) is 2.85. The molecule has 2 fully saturated rings. The second kappa shape index (κ2) is 12.2. The predicted molar refractivity (Wildman–Crippen MR) is 116 cm³/mol. The molecule has 3 atom stereocenters. The lowest BCUT2D eigenvalue weighted by molar-refractivity contribution is -0.138. The quantitative estimate of drug-likeness (QED) is 0.541. The number of oxazole rings is 1. The summed E-state index contributed by atoms with van der Waals surface area (Å²) in [7, 11) is 0. The molecule has 0 aliphatic carbocycles. The highest BCUT2D eigenvalue weighted by molar-refractivity contribution is 5.91. The fourth-order valence-corrected chi connectivity index (χ4v) is 4.23. The molecule has 0 radical (unpaired) electrons. The van der Waals surface area contributed by atoms with Gasteiger partial charge in [-0.05, 0) is 38.5 Å². The van der Waals surface area contributed by atoms with Crippen molar-refractivity contribution in [2.24, 2.45) is 5.92 Å². The maximum absolute atomic E-state index is 13.3. The number of nitrogens with one attached hydrogen (secondary N) is 1. The van der Waals surface area contributed by atoms with Crippen LogP contribution in [0.2, 0.25) is 0 Å². The number of hydrogen-bond donors (Lipinski definition) is 1. The van der Waals surface area contributed by atoms with Gasteiger partial charge in [0.1, 0.15) is 6.26 Å². The first kappa shape index (κ1) is 23.7. The van der Waals surface area contributed by atoms with E-state index >= 15 is 0 Å². The molecule has 3 heterocycles. The van der Waals surface area contributed by atoms with Crippen LogP contribution in [-0.4, -0.2) is 60.2 Å². The fraction of sp³-hybridized carbons (Fsp3) is 0.783. The van der Waals surface area contributed by atoms with Gasteiger partial charge in [-0.15, -0.1) is 0 Å². The number of unbranched alkanes of at least 4 members (excludes halogenated alkanes) is 1.